The summed E-state index contributed by atoms with van der Waals surface area (Å²) in [4.78, 5) is 0. The Morgan fingerprint density at radius 3 is 2.70 bits per heavy atom. The van der Waals surface area contributed by atoms with Gasteiger partial charge in [-0.3, -0.25) is 4.68 Å². The SMILES string of the molecule is CCCCCc1cn(C)[nH]1. The summed E-state index contributed by atoms with van der Waals surface area (Å²) in [6.07, 6.45) is 7.35. The van der Waals surface area contributed by atoms with Crippen LogP contribution in [0.4, 0.5) is 0 Å². The molecule has 0 aromatic carbocycles. The summed E-state index contributed by atoms with van der Waals surface area (Å²) in [6.45, 7) is 2.23. The van der Waals surface area contributed by atoms with Gasteiger partial charge in [0.05, 0.1) is 0 Å². The van der Waals surface area contributed by atoms with Gasteiger partial charge in [-0.1, -0.05) is 19.8 Å². The number of aromatic nitrogens is 2. The lowest BCUT2D eigenvalue weighted by Gasteiger charge is -2.10. The van der Waals surface area contributed by atoms with Crippen molar-refractivity contribution in [3.63, 3.8) is 0 Å². The minimum atomic E-state index is 1.22. The number of unbranched alkanes of at least 4 members (excludes halogenated alkanes) is 2. The van der Waals surface area contributed by atoms with E-state index < -0.39 is 0 Å². The molecule has 1 aromatic heterocycles. The van der Waals surface area contributed by atoms with Crippen molar-refractivity contribution in [1.82, 2.24) is 9.78 Å². The van der Waals surface area contributed by atoms with Crippen LogP contribution in [0.2, 0.25) is 0 Å². The second-order valence-corrected chi connectivity index (χ2v) is 2.83. The van der Waals surface area contributed by atoms with Crippen molar-refractivity contribution in [2.45, 2.75) is 32.6 Å². The van der Waals surface area contributed by atoms with Gasteiger partial charge in [-0.05, 0) is 12.8 Å². The maximum absolute atomic E-state index is 3.20. The number of hydrogen-bond donors (Lipinski definition) is 1. The molecule has 1 aromatic rings. The van der Waals surface area contributed by atoms with Gasteiger partial charge in [-0.2, -0.15) is 0 Å². The molecule has 0 amide bonds. The van der Waals surface area contributed by atoms with Crippen LogP contribution in [0.25, 0.3) is 0 Å². The first-order valence-electron chi connectivity index (χ1n) is 4.03. The molecular formula is C8H16N2. The van der Waals surface area contributed by atoms with Gasteiger partial charge in [0.15, 0.2) is 0 Å². The van der Waals surface area contributed by atoms with Crippen molar-refractivity contribution in [2.24, 2.45) is 7.05 Å². The first kappa shape index (κ1) is 7.45. The molecule has 0 radical (unpaired) electrons. The summed E-state index contributed by atoms with van der Waals surface area (Å²) in [5, 5.41) is 3.20. The summed E-state index contributed by atoms with van der Waals surface area (Å²) in [5.74, 6) is 0. The molecule has 0 saturated heterocycles. The molecule has 1 N–H and O–H groups in total. The molecule has 0 aliphatic carbocycles. The molecule has 2 heteroatoms. The molecule has 0 fully saturated rings. The molecule has 2 nitrogen and oxygen atoms in total. The van der Waals surface area contributed by atoms with E-state index >= 15 is 0 Å². The van der Waals surface area contributed by atoms with Crippen LogP contribution in [0, 0.1) is 0 Å². The van der Waals surface area contributed by atoms with E-state index in [-0.39, 0.29) is 0 Å². The zero-order chi connectivity index (χ0) is 7.40. The number of aryl methyl sites for hydroxylation is 2. The molecule has 0 atom stereocenters. The average molecular weight is 140 g/mol. The van der Waals surface area contributed by atoms with Gasteiger partial charge in [0.1, 0.15) is 0 Å². The largest absolute Gasteiger partial charge is 0.302 e. The standard InChI is InChI=1S/C8H16N2/c1-3-4-5-6-8-7-10(2)9-8/h7,9H,3-6H2,1-2H3. The minimum Gasteiger partial charge on any atom is -0.302 e. The summed E-state index contributed by atoms with van der Waals surface area (Å²) in [6, 6.07) is 0. The van der Waals surface area contributed by atoms with Gasteiger partial charge in [0, 0.05) is 18.9 Å². The maximum Gasteiger partial charge on any atom is 0.0493 e. The highest BCUT2D eigenvalue weighted by atomic mass is 15.3. The molecule has 0 aliphatic rings. The Labute approximate surface area is 62.2 Å². The number of hydrogen-bond acceptors (Lipinski definition) is 0. The van der Waals surface area contributed by atoms with E-state index in [1.165, 1.54) is 31.4 Å². The number of nitrogens with zero attached hydrogens (tertiary/aromatic N) is 1. The molecule has 58 valence electrons. The summed E-state index contributed by atoms with van der Waals surface area (Å²) < 4.78 is 1.99. The highest BCUT2D eigenvalue weighted by Crippen LogP contribution is 2.03. The average Bonchev–Trinajstić information content (AvgIpc) is 1.85. The molecular weight excluding hydrogens is 124 g/mol. The second kappa shape index (κ2) is 3.49. The lowest BCUT2D eigenvalue weighted by Crippen LogP contribution is -2.08. The fourth-order valence-corrected chi connectivity index (χ4v) is 1.14. The Balaban J connectivity index is 2.07. The Morgan fingerprint density at radius 2 is 2.20 bits per heavy atom. The van der Waals surface area contributed by atoms with E-state index in [9.17, 15) is 0 Å². The highest BCUT2D eigenvalue weighted by Gasteiger charge is 1.95. The van der Waals surface area contributed by atoms with Crippen LogP contribution in [-0.4, -0.2) is 9.78 Å². The Bertz CT molecular complexity index is 162. The third-order valence-electron chi connectivity index (χ3n) is 1.72. The van der Waals surface area contributed by atoms with Gasteiger partial charge in [-0.15, -0.1) is 0 Å². The van der Waals surface area contributed by atoms with Crippen LogP contribution in [0.3, 0.4) is 0 Å². The molecule has 0 spiro atoms. The third-order valence-corrected chi connectivity index (χ3v) is 1.72. The van der Waals surface area contributed by atoms with Crippen molar-refractivity contribution in [2.75, 3.05) is 0 Å². The zero-order valence-electron chi connectivity index (χ0n) is 6.85. The van der Waals surface area contributed by atoms with Crippen molar-refractivity contribution in [1.29, 1.82) is 0 Å². The Morgan fingerprint density at radius 1 is 1.50 bits per heavy atom. The van der Waals surface area contributed by atoms with E-state index in [1.54, 1.807) is 0 Å². The monoisotopic (exact) mass is 140 g/mol. The minimum absolute atomic E-state index is 1.22. The number of aromatic amines is 1. The lowest BCUT2D eigenvalue weighted by molar-refractivity contribution is 0.608. The van der Waals surface area contributed by atoms with Crippen molar-refractivity contribution in [3.05, 3.63) is 11.9 Å². The van der Waals surface area contributed by atoms with Crippen molar-refractivity contribution in [3.8, 4) is 0 Å². The topological polar surface area (TPSA) is 20.7 Å². The van der Waals surface area contributed by atoms with Crippen LogP contribution < -0.4 is 0 Å². The second-order valence-electron chi connectivity index (χ2n) is 2.83. The van der Waals surface area contributed by atoms with Crippen molar-refractivity contribution < 1.29 is 0 Å². The zero-order valence-corrected chi connectivity index (χ0v) is 6.85. The Kier molecular flexibility index (Phi) is 2.60. The smallest absolute Gasteiger partial charge is 0.0493 e. The van der Waals surface area contributed by atoms with Crippen LogP contribution in [0.15, 0.2) is 6.20 Å². The predicted molar refractivity (Wildman–Crippen MR) is 43.0 cm³/mol. The van der Waals surface area contributed by atoms with E-state index in [0.29, 0.717) is 0 Å². The molecule has 1 rings (SSSR count). The van der Waals surface area contributed by atoms with Crippen LogP contribution >= 0.6 is 0 Å². The van der Waals surface area contributed by atoms with Gasteiger partial charge in [0.25, 0.3) is 0 Å². The van der Waals surface area contributed by atoms with Crippen molar-refractivity contribution >= 4 is 0 Å². The number of nitrogens with one attached hydrogen (secondary N) is 1. The summed E-state index contributed by atoms with van der Waals surface area (Å²) in [5.41, 5.74) is 1.39. The van der Waals surface area contributed by atoms with E-state index in [4.69, 9.17) is 0 Å². The van der Waals surface area contributed by atoms with Crippen LogP contribution in [-0.2, 0) is 13.5 Å². The third kappa shape index (κ3) is 1.94. The predicted octanol–water partition coefficient (Wildman–Crippen LogP) is 2.09. The van der Waals surface area contributed by atoms with E-state index in [2.05, 4.69) is 18.2 Å². The molecule has 0 aliphatic heterocycles. The highest BCUT2D eigenvalue weighted by molar-refractivity contribution is 4.95. The van der Waals surface area contributed by atoms with Gasteiger partial charge in [0.2, 0.25) is 0 Å². The molecule has 0 unspecified atom stereocenters. The number of H-pyrrole nitrogens is 1. The first-order valence-corrected chi connectivity index (χ1v) is 4.03. The summed E-state index contributed by atoms with van der Waals surface area (Å²) in [7, 11) is 2.02. The lowest BCUT2D eigenvalue weighted by atomic mass is 10.2. The van der Waals surface area contributed by atoms with Gasteiger partial charge < -0.3 is 5.10 Å². The number of rotatable bonds is 4. The van der Waals surface area contributed by atoms with E-state index in [1.807, 2.05) is 11.7 Å². The quantitative estimate of drug-likeness (QED) is 0.618. The molecule has 10 heavy (non-hydrogen) atoms. The normalized spacial score (nSPS) is 10.6. The van der Waals surface area contributed by atoms with Crippen LogP contribution in [0.5, 0.6) is 0 Å². The molecule has 0 saturated carbocycles. The maximum atomic E-state index is 3.20. The molecule has 0 bridgehead atoms. The first-order chi connectivity index (χ1) is 4.83. The van der Waals surface area contributed by atoms with Gasteiger partial charge >= 0.3 is 0 Å². The fraction of sp³-hybridized carbons (Fsp3) is 0.750. The molecule has 1 heterocycles. The Hall–Kier alpha value is -0.660. The fourth-order valence-electron chi connectivity index (χ4n) is 1.14. The summed E-state index contributed by atoms with van der Waals surface area (Å²) >= 11 is 0. The van der Waals surface area contributed by atoms with E-state index in [0.717, 1.165) is 0 Å². The van der Waals surface area contributed by atoms with Crippen LogP contribution in [0.1, 0.15) is 31.9 Å². The van der Waals surface area contributed by atoms with Gasteiger partial charge in [-0.25, -0.2) is 0 Å².